The van der Waals surface area contributed by atoms with E-state index in [4.69, 9.17) is 4.74 Å². The monoisotopic (exact) mass is 410 g/mol. The van der Waals surface area contributed by atoms with Gasteiger partial charge in [-0.25, -0.2) is 24.7 Å². The van der Waals surface area contributed by atoms with E-state index in [2.05, 4.69) is 36.7 Å². The zero-order valence-corrected chi connectivity index (χ0v) is 17.3. The van der Waals surface area contributed by atoms with Crippen LogP contribution >= 0.6 is 0 Å². The number of carbonyl (C=O) groups is 1. The van der Waals surface area contributed by atoms with E-state index in [9.17, 15) is 9.90 Å². The van der Waals surface area contributed by atoms with Crippen LogP contribution in [0.2, 0.25) is 0 Å². The molecule has 9 nitrogen and oxygen atoms in total. The van der Waals surface area contributed by atoms with E-state index in [0.717, 1.165) is 36.3 Å². The minimum atomic E-state index is -1.10. The summed E-state index contributed by atoms with van der Waals surface area (Å²) in [5.74, 6) is 0.558. The average Bonchev–Trinajstić information content (AvgIpc) is 3.36. The van der Waals surface area contributed by atoms with E-state index in [1.807, 2.05) is 13.0 Å². The summed E-state index contributed by atoms with van der Waals surface area (Å²) in [5, 5.41) is 15.5. The number of ether oxygens (including phenoxy) is 1. The highest BCUT2D eigenvalue weighted by molar-refractivity contribution is 6.18. The summed E-state index contributed by atoms with van der Waals surface area (Å²) in [6.45, 7) is 6.39. The molecular weight excluding hydrogens is 384 g/mol. The summed E-state index contributed by atoms with van der Waals surface area (Å²) in [7, 11) is 0. The second kappa shape index (κ2) is 8.08. The maximum Gasteiger partial charge on any atom is 0.321 e. The Kier molecular flexibility index (Phi) is 5.48. The van der Waals surface area contributed by atoms with Crippen molar-refractivity contribution in [3.8, 4) is 0 Å². The first-order chi connectivity index (χ1) is 14.3. The lowest BCUT2D eigenvalue weighted by Gasteiger charge is -2.24. The van der Waals surface area contributed by atoms with Gasteiger partial charge < -0.3 is 15.2 Å². The first-order valence-corrected chi connectivity index (χ1v) is 10.2. The van der Waals surface area contributed by atoms with E-state index >= 15 is 0 Å². The van der Waals surface area contributed by atoms with Gasteiger partial charge in [0.1, 0.15) is 5.60 Å². The highest BCUT2D eigenvalue weighted by Crippen LogP contribution is 2.35. The lowest BCUT2D eigenvalue weighted by atomic mass is 9.85. The molecule has 158 valence electrons. The van der Waals surface area contributed by atoms with Gasteiger partial charge >= 0.3 is 6.03 Å². The summed E-state index contributed by atoms with van der Waals surface area (Å²) in [4.78, 5) is 29.6. The molecule has 3 aliphatic rings. The van der Waals surface area contributed by atoms with E-state index in [0.29, 0.717) is 18.1 Å². The summed E-state index contributed by atoms with van der Waals surface area (Å²) >= 11 is 0. The largest absolute Gasteiger partial charge is 0.382 e. The molecule has 1 aromatic heterocycles. The van der Waals surface area contributed by atoms with Gasteiger partial charge in [0, 0.05) is 37.0 Å². The highest BCUT2D eigenvalue weighted by Gasteiger charge is 2.36. The molecule has 0 spiro atoms. The van der Waals surface area contributed by atoms with Crippen molar-refractivity contribution in [2.45, 2.75) is 45.3 Å². The van der Waals surface area contributed by atoms with Gasteiger partial charge in [-0.15, -0.1) is 0 Å². The van der Waals surface area contributed by atoms with Gasteiger partial charge in [-0.1, -0.05) is 6.08 Å². The Balaban J connectivity index is 1.65. The second-order valence-corrected chi connectivity index (χ2v) is 8.00. The quantitative estimate of drug-likeness (QED) is 0.700. The third-order valence-corrected chi connectivity index (χ3v) is 5.14. The highest BCUT2D eigenvalue weighted by atomic mass is 16.5. The number of amides is 2. The number of nitrogens with zero attached hydrogens (tertiary/aromatic N) is 4. The number of fused-ring (bicyclic) bond motifs is 1. The van der Waals surface area contributed by atoms with Crippen LogP contribution in [0.15, 0.2) is 40.2 Å². The standard InChI is InChI=1S/C21H26N6O3/c1-4-22-20(28)27-19-25-15-9-12(13-10-23-18(24-11-13)21(2,3)29)8-14(17(15)26-19)16-6-5-7-30-16/h8-11,14,16,29H,4-7H2,1-3H3,(H2,22,25,27,28). The van der Waals surface area contributed by atoms with Crippen molar-refractivity contribution in [3.05, 3.63) is 41.6 Å². The number of allylic oxidation sites excluding steroid dienone is 3. The molecule has 1 saturated heterocycles. The summed E-state index contributed by atoms with van der Waals surface area (Å²) in [5.41, 5.74) is 2.12. The Bertz CT molecular complexity index is 950. The predicted octanol–water partition coefficient (Wildman–Crippen LogP) is 1.91. The first-order valence-electron chi connectivity index (χ1n) is 10.2. The van der Waals surface area contributed by atoms with Crippen molar-refractivity contribution in [1.29, 1.82) is 0 Å². The fraction of sp³-hybridized carbons (Fsp3) is 0.476. The number of urea groups is 1. The van der Waals surface area contributed by atoms with Crippen LogP contribution in [0, 0.1) is 5.92 Å². The molecular formula is C21H26N6O3. The molecule has 3 heterocycles. The van der Waals surface area contributed by atoms with Gasteiger partial charge in [0.25, 0.3) is 0 Å². The summed E-state index contributed by atoms with van der Waals surface area (Å²) < 4.78 is 5.94. The number of aromatic nitrogens is 2. The Labute approximate surface area is 175 Å². The Morgan fingerprint density at radius 3 is 2.70 bits per heavy atom. The number of hydrogen-bond donors (Lipinski definition) is 3. The molecule has 0 saturated carbocycles. The van der Waals surface area contributed by atoms with E-state index in [1.165, 1.54) is 0 Å². The number of aliphatic hydroxyl groups is 1. The number of hydrogen-bond acceptors (Lipinski definition) is 7. The van der Waals surface area contributed by atoms with Crippen LogP contribution in [0.3, 0.4) is 0 Å². The number of rotatable bonds is 4. The maximum atomic E-state index is 11.9. The molecule has 0 radical (unpaired) electrons. The minimum Gasteiger partial charge on any atom is -0.382 e. The van der Waals surface area contributed by atoms with Crippen molar-refractivity contribution >= 4 is 23.3 Å². The van der Waals surface area contributed by atoms with E-state index < -0.39 is 5.60 Å². The molecule has 9 heteroatoms. The van der Waals surface area contributed by atoms with Crippen molar-refractivity contribution in [2.24, 2.45) is 15.9 Å². The normalized spacial score (nSPS) is 23.2. The van der Waals surface area contributed by atoms with Crippen molar-refractivity contribution in [1.82, 2.24) is 20.6 Å². The molecule has 3 N–H and O–H groups in total. The second-order valence-electron chi connectivity index (χ2n) is 8.00. The Morgan fingerprint density at radius 1 is 1.30 bits per heavy atom. The molecule has 0 bridgehead atoms. The summed E-state index contributed by atoms with van der Waals surface area (Å²) in [6.07, 6.45) is 9.37. The SMILES string of the molecule is CCNC(=O)NC1=NC2=CC(c3cnc(C(C)(C)O)nc3)=CC(C3CCCO3)C2=N1. The molecule has 2 aliphatic heterocycles. The van der Waals surface area contributed by atoms with Crippen LogP contribution in [-0.4, -0.2) is 52.0 Å². The smallest absolute Gasteiger partial charge is 0.321 e. The molecule has 1 fully saturated rings. The van der Waals surface area contributed by atoms with Gasteiger partial charge in [-0.3, -0.25) is 5.32 Å². The van der Waals surface area contributed by atoms with Crippen LogP contribution in [0.4, 0.5) is 4.79 Å². The third kappa shape index (κ3) is 4.17. The molecule has 4 rings (SSSR count). The molecule has 2 atom stereocenters. The van der Waals surface area contributed by atoms with Gasteiger partial charge in [0.15, 0.2) is 5.82 Å². The van der Waals surface area contributed by atoms with Crippen LogP contribution in [0.1, 0.15) is 45.0 Å². The van der Waals surface area contributed by atoms with Crippen LogP contribution < -0.4 is 10.6 Å². The van der Waals surface area contributed by atoms with Gasteiger partial charge in [0.05, 0.1) is 17.5 Å². The number of aliphatic imine (C=N–C) groups is 2. The van der Waals surface area contributed by atoms with Crippen LogP contribution in [0.25, 0.3) is 5.57 Å². The van der Waals surface area contributed by atoms with Crippen molar-refractivity contribution in [2.75, 3.05) is 13.2 Å². The molecule has 1 aliphatic carbocycles. The zero-order chi connectivity index (χ0) is 21.3. The number of carbonyl (C=O) groups excluding carboxylic acids is 1. The topological polar surface area (TPSA) is 121 Å². The van der Waals surface area contributed by atoms with E-state index in [1.54, 1.807) is 26.2 Å². The van der Waals surface area contributed by atoms with Crippen LogP contribution in [-0.2, 0) is 10.3 Å². The maximum absolute atomic E-state index is 11.9. The Morgan fingerprint density at radius 2 is 2.07 bits per heavy atom. The molecule has 1 aromatic rings. The fourth-order valence-corrected chi connectivity index (χ4v) is 3.69. The molecule has 2 amide bonds. The lowest BCUT2D eigenvalue weighted by molar-refractivity contribution is 0.0686. The van der Waals surface area contributed by atoms with Crippen molar-refractivity contribution in [3.63, 3.8) is 0 Å². The third-order valence-electron chi connectivity index (χ3n) is 5.14. The Hall–Kier alpha value is -2.91. The van der Waals surface area contributed by atoms with Crippen molar-refractivity contribution < 1.29 is 14.6 Å². The van der Waals surface area contributed by atoms with E-state index in [-0.39, 0.29) is 24.0 Å². The lowest BCUT2D eigenvalue weighted by Crippen LogP contribution is -2.38. The minimum absolute atomic E-state index is 0.0121. The summed E-state index contributed by atoms with van der Waals surface area (Å²) in [6, 6.07) is -0.336. The van der Waals surface area contributed by atoms with Crippen LogP contribution in [0.5, 0.6) is 0 Å². The molecule has 0 aromatic carbocycles. The first kappa shape index (κ1) is 20.4. The zero-order valence-electron chi connectivity index (χ0n) is 17.3. The molecule has 2 unspecified atom stereocenters. The molecule has 30 heavy (non-hydrogen) atoms. The number of nitrogens with one attached hydrogen (secondary N) is 2. The van der Waals surface area contributed by atoms with Gasteiger partial charge in [0.2, 0.25) is 5.96 Å². The average molecular weight is 410 g/mol. The van der Waals surface area contributed by atoms with Gasteiger partial charge in [-0.05, 0) is 45.3 Å². The number of guanidine groups is 1. The fourth-order valence-electron chi connectivity index (χ4n) is 3.69. The predicted molar refractivity (Wildman–Crippen MR) is 113 cm³/mol. The van der Waals surface area contributed by atoms with Gasteiger partial charge in [-0.2, -0.15) is 0 Å².